The van der Waals surface area contributed by atoms with Gasteiger partial charge in [-0.15, -0.1) is 0 Å². The minimum Gasteiger partial charge on any atom is -0.493 e. The average Bonchev–Trinajstić information content (AvgIpc) is 3.31. The number of amides is 1. The molecule has 9 heteroatoms. The predicted octanol–water partition coefficient (Wildman–Crippen LogP) is 3.22. The van der Waals surface area contributed by atoms with Gasteiger partial charge in [-0.2, -0.15) is 4.31 Å². The number of aliphatic hydroxyl groups is 1. The number of sulfonamides is 1. The Bertz CT molecular complexity index is 1140. The zero-order valence-electron chi connectivity index (χ0n) is 22.2. The molecular weight excluding hydrogens is 490 g/mol. The second-order valence-electron chi connectivity index (χ2n) is 10.4. The molecule has 0 aromatic heterocycles. The summed E-state index contributed by atoms with van der Waals surface area (Å²) in [6.07, 6.45) is 2.78. The maximum Gasteiger partial charge on any atom is 0.245 e. The smallest absolute Gasteiger partial charge is 0.245 e. The highest BCUT2D eigenvalue weighted by Gasteiger charge is 2.43. The molecule has 0 bridgehead atoms. The standard InChI is InChI=1S/C28H41N3O5S/c1-21(2)20-31(37(34,35)25-12-13-26-24(18-25)14-17-36-26)28(33,19-23-9-5-4-6-10-23)15-16-30-22(3)8-7-11-27(29)32/h4-6,9-10,12-13,18,21-22,30,33H,7-8,11,14-17,19-20H2,1-3H3,(H2,29,32). The third-order valence-electron chi connectivity index (χ3n) is 6.65. The molecule has 1 aliphatic rings. The molecule has 3 rings (SSSR count). The Balaban J connectivity index is 1.88. The summed E-state index contributed by atoms with van der Waals surface area (Å²) in [7, 11) is -4.02. The van der Waals surface area contributed by atoms with Gasteiger partial charge in [-0.1, -0.05) is 44.2 Å². The first-order valence-electron chi connectivity index (χ1n) is 13.1. The van der Waals surface area contributed by atoms with E-state index in [-0.39, 0.29) is 42.1 Å². The number of carbonyl (C=O) groups excluding carboxylic acids is 1. The molecular formula is C28H41N3O5S. The molecule has 2 atom stereocenters. The fourth-order valence-electron chi connectivity index (χ4n) is 4.70. The van der Waals surface area contributed by atoms with Crippen LogP contribution in [0.15, 0.2) is 53.4 Å². The van der Waals surface area contributed by atoms with Crippen molar-refractivity contribution in [2.45, 2.75) is 76.0 Å². The van der Waals surface area contributed by atoms with Crippen molar-refractivity contribution in [3.8, 4) is 5.75 Å². The number of benzene rings is 2. The number of nitrogens with one attached hydrogen (secondary N) is 1. The molecule has 4 N–H and O–H groups in total. The van der Waals surface area contributed by atoms with Gasteiger partial charge >= 0.3 is 0 Å². The molecule has 2 unspecified atom stereocenters. The number of hydrogen-bond acceptors (Lipinski definition) is 6. The normalized spacial score (nSPS) is 15.8. The van der Waals surface area contributed by atoms with Gasteiger partial charge in [0.25, 0.3) is 0 Å². The number of ether oxygens (including phenoxy) is 1. The van der Waals surface area contributed by atoms with E-state index in [4.69, 9.17) is 10.5 Å². The summed E-state index contributed by atoms with van der Waals surface area (Å²) in [6.45, 7) is 7.01. The number of nitrogens with two attached hydrogens (primary N) is 1. The van der Waals surface area contributed by atoms with Gasteiger partial charge in [0.2, 0.25) is 15.9 Å². The summed E-state index contributed by atoms with van der Waals surface area (Å²) in [5.41, 5.74) is 5.30. The van der Waals surface area contributed by atoms with Crippen LogP contribution >= 0.6 is 0 Å². The van der Waals surface area contributed by atoms with Crippen molar-refractivity contribution in [1.82, 2.24) is 9.62 Å². The monoisotopic (exact) mass is 531 g/mol. The van der Waals surface area contributed by atoms with Crippen molar-refractivity contribution >= 4 is 15.9 Å². The van der Waals surface area contributed by atoms with Gasteiger partial charge in [-0.05, 0) is 61.6 Å². The van der Waals surface area contributed by atoms with Crippen LogP contribution < -0.4 is 15.8 Å². The Hall–Kier alpha value is -2.46. The maximum atomic E-state index is 14.1. The molecule has 2 aromatic carbocycles. The Labute approximate surface area is 221 Å². The summed E-state index contributed by atoms with van der Waals surface area (Å²) >= 11 is 0. The number of fused-ring (bicyclic) bond motifs is 1. The van der Waals surface area contributed by atoms with Crippen LogP contribution in [0.1, 0.15) is 57.6 Å². The number of carbonyl (C=O) groups is 1. The van der Waals surface area contributed by atoms with Gasteiger partial charge in [-0.3, -0.25) is 4.79 Å². The third-order valence-corrected chi connectivity index (χ3v) is 8.57. The molecule has 0 radical (unpaired) electrons. The van der Waals surface area contributed by atoms with E-state index in [0.29, 0.717) is 38.2 Å². The van der Waals surface area contributed by atoms with Gasteiger partial charge in [0, 0.05) is 38.3 Å². The van der Waals surface area contributed by atoms with E-state index >= 15 is 0 Å². The number of nitrogens with zero attached hydrogens (tertiary/aromatic N) is 1. The van der Waals surface area contributed by atoms with Crippen LogP contribution in [-0.4, -0.2) is 55.2 Å². The van der Waals surface area contributed by atoms with Crippen molar-refractivity contribution in [2.75, 3.05) is 19.7 Å². The summed E-state index contributed by atoms with van der Waals surface area (Å²) < 4.78 is 35.0. The van der Waals surface area contributed by atoms with Crippen LogP contribution in [0.3, 0.4) is 0 Å². The van der Waals surface area contributed by atoms with E-state index in [2.05, 4.69) is 5.32 Å². The van der Waals surface area contributed by atoms with E-state index in [1.54, 1.807) is 18.2 Å². The lowest BCUT2D eigenvalue weighted by Gasteiger charge is -2.40. The van der Waals surface area contributed by atoms with Crippen molar-refractivity contribution in [2.24, 2.45) is 11.7 Å². The summed E-state index contributed by atoms with van der Waals surface area (Å²) in [5.74, 6) is 0.385. The largest absolute Gasteiger partial charge is 0.493 e. The lowest BCUT2D eigenvalue weighted by molar-refractivity contribution is -0.118. The van der Waals surface area contributed by atoms with Crippen LogP contribution in [0.25, 0.3) is 0 Å². The topological polar surface area (TPSA) is 122 Å². The van der Waals surface area contributed by atoms with Crippen LogP contribution in [0, 0.1) is 5.92 Å². The number of rotatable bonds is 15. The fraction of sp³-hybridized carbons (Fsp3) is 0.536. The molecule has 0 spiro atoms. The Morgan fingerprint density at radius 3 is 2.59 bits per heavy atom. The first kappa shape index (κ1) is 29.1. The van der Waals surface area contributed by atoms with Crippen LogP contribution in [0.2, 0.25) is 0 Å². The SMILES string of the molecule is CC(C)CN(C(O)(CCNC(C)CCCC(N)=O)Cc1ccccc1)S(=O)(=O)c1ccc2c(c1)CCO2. The lowest BCUT2D eigenvalue weighted by Crippen LogP contribution is -2.55. The molecule has 8 nitrogen and oxygen atoms in total. The summed E-state index contributed by atoms with van der Waals surface area (Å²) in [4.78, 5) is 11.2. The van der Waals surface area contributed by atoms with Gasteiger partial charge < -0.3 is 20.9 Å². The molecule has 37 heavy (non-hydrogen) atoms. The first-order valence-corrected chi connectivity index (χ1v) is 14.5. The second kappa shape index (κ2) is 12.9. The van der Waals surface area contributed by atoms with Crippen LogP contribution in [-0.2, 0) is 27.7 Å². The lowest BCUT2D eigenvalue weighted by atomic mass is 9.98. The van der Waals surface area contributed by atoms with E-state index in [0.717, 1.165) is 17.5 Å². The highest BCUT2D eigenvalue weighted by Crippen LogP contribution is 2.33. The van der Waals surface area contributed by atoms with Gasteiger partial charge in [0.1, 0.15) is 11.5 Å². The van der Waals surface area contributed by atoms with Crippen molar-refractivity contribution in [3.63, 3.8) is 0 Å². The molecule has 1 amide bonds. The molecule has 204 valence electrons. The maximum absolute atomic E-state index is 14.1. The second-order valence-corrected chi connectivity index (χ2v) is 12.3. The van der Waals surface area contributed by atoms with E-state index < -0.39 is 15.7 Å². The van der Waals surface area contributed by atoms with Crippen molar-refractivity contribution in [1.29, 1.82) is 0 Å². The summed E-state index contributed by atoms with van der Waals surface area (Å²) in [5, 5.41) is 15.5. The van der Waals surface area contributed by atoms with E-state index in [1.165, 1.54) is 4.31 Å². The Morgan fingerprint density at radius 1 is 1.19 bits per heavy atom. The quantitative estimate of drug-likeness (QED) is 0.303. The van der Waals surface area contributed by atoms with E-state index in [1.807, 2.05) is 51.1 Å². The first-order chi connectivity index (χ1) is 17.5. The third kappa shape index (κ3) is 8.01. The molecule has 0 fully saturated rings. The summed E-state index contributed by atoms with van der Waals surface area (Å²) in [6, 6.07) is 14.5. The molecule has 0 saturated carbocycles. The number of hydrogen-bond donors (Lipinski definition) is 3. The zero-order chi connectivity index (χ0) is 27.1. The van der Waals surface area contributed by atoms with Gasteiger partial charge in [0.05, 0.1) is 11.5 Å². The fourth-order valence-corrected chi connectivity index (χ4v) is 6.58. The molecule has 0 saturated heterocycles. The number of primary amides is 1. The minimum atomic E-state index is -4.02. The molecule has 1 heterocycles. The molecule has 0 aliphatic carbocycles. The molecule has 1 aliphatic heterocycles. The minimum absolute atomic E-state index is 0.00415. The van der Waals surface area contributed by atoms with Crippen molar-refractivity contribution < 1.29 is 23.1 Å². The van der Waals surface area contributed by atoms with Crippen LogP contribution in [0.4, 0.5) is 0 Å². The van der Waals surface area contributed by atoms with Gasteiger partial charge in [-0.25, -0.2) is 8.42 Å². The highest BCUT2D eigenvalue weighted by atomic mass is 32.2. The van der Waals surface area contributed by atoms with E-state index in [9.17, 15) is 18.3 Å². The Morgan fingerprint density at radius 2 is 1.92 bits per heavy atom. The average molecular weight is 532 g/mol. The Kier molecular flexibility index (Phi) is 10.1. The highest BCUT2D eigenvalue weighted by molar-refractivity contribution is 7.89. The van der Waals surface area contributed by atoms with Gasteiger partial charge in [0.15, 0.2) is 0 Å². The molecule has 2 aromatic rings. The zero-order valence-corrected chi connectivity index (χ0v) is 23.0. The van der Waals surface area contributed by atoms with Crippen molar-refractivity contribution in [3.05, 3.63) is 59.7 Å². The van der Waals surface area contributed by atoms with Crippen LogP contribution in [0.5, 0.6) is 5.75 Å². The predicted molar refractivity (Wildman–Crippen MR) is 145 cm³/mol.